The SMILES string of the molecule is C=CCCOC1C=C[C@H](OC(C)=O)[C@@H](COC(C)=O)O1. The molecular weight excluding hydrogens is 264 g/mol. The Morgan fingerprint density at radius 1 is 1.30 bits per heavy atom. The van der Waals surface area contributed by atoms with Crippen LogP contribution >= 0.6 is 0 Å². The van der Waals surface area contributed by atoms with Crippen LogP contribution in [0.4, 0.5) is 0 Å². The summed E-state index contributed by atoms with van der Waals surface area (Å²) in [6.45, 7) is 6.68. The van der Waals surface area contributed by atoms with E-state index in [9.17, 15) is 9.59 Å². The van der Waals surface area contributed by atoms with E-state index in [0.29, 0.717) is 13.0 Å². The fraction of sp³-hybridized carbons (Fsp3) is 0.571. The fourth-order valence-corrected chi connectivity index (χ4v) is 1.62. The zero-order chi connectivity index (χ0) is 15.0. The molecule has 0 N–H and O–H groups in total. The van der Waals surface area contributed by atoms with Gasteiger partial charge >= 0.3 is 11.9 Å². The minimum Gasteiger partial charge on any atom is -0.463 e. The Morgan fingerprint density at radius 2 is 2.05 bits per heavy atom. The van der Waals surface area contributed by atoms with Crippen LogP contribution in [0.2, 0.25) is 0 Å². The normalized spacial score (nSPS) is 25.0. The van der Waals surface area contributed by atoms with Crippen LogP contribution in [-0.2, 0) is 28.5 Å². The van der Waals surface area contributed by atoms with Crippen molar-refractivity contribution in [2.24, 2.45) is 0 Å². The first-order valence-electron chi connectivity index (χ1n) is 6.39. The van der Waals surface area contributed by atoms with Crippen molar-refractivity contribution >= 4 is 11.9 Å². The molecule has 0 aromatic rings. The number of ether oxygens (including phenoxy) is 4. The van der Waals surface area contributed by atoms with Crippen LogP contribution in [-0.4, -0.2) is 43.7 Å². The second kappa shape index (κ2) is 8.50. The fourth-order valence-electron chi connectivity index (χ4n) is 1.62. The first-order valence-corrected chi connectivity index (χ1v) is 6.39. The summed E-state index contributed by atoms with van der Waals surface area (Å²) in [4.78, 5) is 21.9. The highest BCUT2D eigenvalue weighted by atomic mass is 16.7. The lowest BCUT2D eigenvalue weighted by atomic mass is 10.1. The second-order valence-electron chi connectivity index (χ2n) is 4.25. The van der Waals surface area contributed by atoms with Crippen LogP contribution in [0.5, 0.6) is 0 Å². The van der Waals surface area contributed by atoms with Crippen molar-refractivity contribution < 1.29 is 28.5 Å². The lowest BCUT2D eigenvalue weighted by molar-refractivity contribution is -0.196. The number of carbonyl (C=O) groups excluding carboxylic acids is 2. The number of carbonyl (C=O) groups is 2. The zero-order valence-electron chi connectivity index (χ0n) is 11.7. The molecule has 1 aliphatic rings. The Balaban J connectivity index is 2.58. The third kappa shape index (κ3) is 5.99. The molecule has 3 atom stereocenters. The van der Waals surface area contributed by atoms with E-state index in [0.717, 1.165) is 0 Å². The van der Waals surface area contributed by atoms with Crippen LogP contribution < -0.4 is 0 Å². The van der Waals surface area contributed by atoms with Crippen LogP contribution in [0.15, 0.2) is 24.8 Å². The maximum absolute atomic E-state index is 11.0. The summed E-state index contributed by atoms with van der Waals surface area (Å²) in [6, 6.07) is 0. The predicted molar refractivity (Wildman–Crippen MR) is 70.8 cm³/mol. The Hall–Kier alpha value is -1.66. The molecule has 0 aromatic heterocycles. The van der Waals surface area contributed by atoms with Gasteiger partial charge in [-0.3, -0.25) is 9.59 Å². The van der Waals surface area contributed by atoms with E-state index in [1.54, 1.807) is 18.2 Å². The number of hydrogen-bond donors (Lipinski definition) is 0. The molecule has 0 aliphatic carbocycles. The van der Waals surface area contributed by atoms with Crippen LogP contribution in [0.1, 0.15) is 20.3 Å². The van der Waals surface area contributed by atoms with Crippen molar-refractivity contribution in [3.63, 3.8) is 0 Å². The van der Waals surface area contributed by atoms with E-state index in [1.807, 2.05) is 0 Å². The Bertz CT molecular complexity index is 376. The molecule has 6 nitrogen and oxygen atoms in total. The van der Waals surface area contributed by atoms with Crippen LogP contribution in [0.3, 0.4) is 0 Å². The zero-order valence-corrected chi connectivity index (χ0v) is 11.7. The molecule has 0 spiro atoms. The number of hydrogen-bond acceptors (Lipinski definition) is 6. The lowest BCUT2D eigenvalue weighted by Crippen LogP contribution is -2.42. The van der Waals surface area contributed by atoms with Gasteiger partial charge in [0.05, 0.1) is 6.61 Å². The lowest BCUT2D eigenvalue weighted by Gasteiger charge is -2.31. The molecule has 1 unspecified atom stereocenters. The van der Waals surface area contributed by atoms with E-state index in [4.69, 9.17) is 18.9 Å². The molecule has 0 saturated carbocycles. The minimum absolute atomic E-state index is 0.00105. The van der Waals surface area contributed by atoms with Gasteiger partial charge in [0, 0.05) is 13.8 Å². The summed E-state index contributed by atoms with van der Waals surface area (Å²) in [5, 5.41) is 0. The molecular formula is C14H20O6. The first-order chi connectivity index (χ1) is 9.52. The van der Waals surface area contributed by atoms with Crippen molar-refractivity contribution in [1.29, 1.82) is 0 Å². The summed E-state index contributed by atoms with van der Waals surface area (Å²) in [5.74, 6) is -0.851. The molecule has 20 heavy (non-hydrogen) atoms. The monoisotopic (exact) mass is 284 g/mol. The molecule has 1 rings (SSSR count). The van der Waals surface area contributed by atoms with Crippen molar-refractivity contribution in [3.05, 3.63) is 24.8 Å². The van der Waals surface area contributed by atoms with Gasteiger partial charge in [0.15, 0.2) is 6.29 Å². The van der Waals surface area contributed by atoms with Crippen molar-refractivity contribution in [2.45, 2.75) is 38.8 Å². The summed E-state index contributed by atoms with van der Waals surface area (Å²) < 4.78 is 21.1. The summed E-state index contributed by atoms with van der Waals surface area (Å²) in [6.07, 6.45) is 4.06. The van der Waals surface area contributed by atoms with E-state index in [-0.39, 0.29) is 6.61 Å². The topological polar surface area (TPSA) is 71.1 Å². The van der Waals surface area contributed by atoms with Crippen LogP contribution in [0.25, 0.3) is 0 Å². The molecule has 0 saturated heterocycles. The highest BCUT2D eigenvalue weighted by molar-refractivity contribution is 5.66. The predicted octanol–water partition coefficient (Wildman–Crippen LogP) is 1.35. The molecule has 0 fully saturated rings. The molecule has 112 valence electrons. The molecule has 0 amide bonds. The number of rotatable bonds is 7. The molecule has 6 heteroatoms. The van der Waals surface area contributed by atoms with Gasteiger partial charge in [-0.2, -0.15) is 0 Å². The standard InChI is InChI=1S/C14H20O6/c1-4-5-8-17-14-7-6-12(19-11(3)16)13(20-14)9-18-10(2)15/h4,6-7,12-14H,1,5,8-9H2,2-3H3/t12-,13+,14?/m0/s1. The van der Waals surface area contributed by atoms with Gasteiger partial charge in [-0.25, -0.2) is 0 Å². The van der Waals surface area contributed by atoms with Crippen molar-refractivity contribution in [2.75, 3.05) is 13.2 Å². The Kier molecular flexibility index (Phi) is 6.97. The third-order valence-electron chi connectivity index (χ3n) is 2.49. The second-order valence-corrected chi connectivity index (χ2v) is 4.25. The summed E-state index contributed by atoms with van der Waals surface area (Å²) in [7, 11) is 0. The van der Waals surface area contributed by atoms with E-state index in [2.05, 4.69) is 6.58 Å². The summed E-state index contributed by atoms with van der Waals surface area (Å²) in [5.41, 5.74) is 0. The summed E-state index contributed by atoms with van der Waals surface area (Å²) >= 11 is 0. The van der Waals surface area contributed by atoms with Crippen LogP contribution in [0, 0.1) is 0 Å². The van der Waals surface area contributed by atoms with E-state index < -0.39 is 30.4 Å². The smallest absolute Gasteiger partial charge is 0.303 e. The maximum Gasteiger partial charge on any atom is 0.303 e. The Morgan fingerprint density at radius 3 is 2.65 bits per heavy atom. The average Bonchev–Trinajstić information content (AvgIpc) is 2.38. The van der Waals surface area contributed by atoms with Gasteiger partial charge in [-0.1, -0.05) is 6.08 Å². The minimum atomic E-state index is -0.592. The van der Waals surface area contributed by atoms with Gasteiger partial charge in [0.1, 0.15) is 18.8 Å². The molecule has 0 bridgehead atoms. The van der Waals surface area contributed by atoms with E-state index in [1.165, 1.54) is 13.8 Å². The Labute approximate surface area is 118 Å². The maximum atomic E-state index is 11.0. The van der Waals surface area contributed by atoms with Gasteiger partial charge in [-0.15, -0.1) is 6.58 Å². The first kappa shape index (κ1) is 16.4. The molecule has 1 aliphatic heterocycles. The van der Waals surface area contributed by atoms with Crippen molar-refractivity contribution in [1.82, 2.24) is 0 Å². The molecule has 0 radical (unpaired) electrons. The quantitative estimate of drug-likeness (QED) is 0.399. The molecule has 1 heterocycles. The van der Waals surface area contributed by atoms with E-state index >= 15 is 0 Å². The average molecular weight is 284 g/mol. The van der Waals surface area contributed by atoms with Gasteiger partial charge in [-0.05, 0) is 18.6 Å². The highest BCUT2D eigenvalue weighted by Crippen LogP contribution is 2.18. The largest absolute Gasteiger partial charge is 0.463 e. The van der Waals surface area contributed by atoms with Crippen molar-refractivity contribution in [3.8, 4) is 0 Å². The van der Waals surface area contributed by atoms with Gasteiger partial charge in [0.25, 0.3) is 0 Å². The van der Waals surface area contributed by atoms with Gasteiger partial charge < -0.3 is 18.9 Å². The number of esters is 2. The van der Waals surface area contributed by atoms with Gasteiger partial charge in [0.2, 0.25) is 0 Å². The third-order valence-corrected chi connectivity index (χ3v) is 2.49. The highest BCUT2D eigenvalue weighted by Gasteiger charge is 2.30. The molecule has 0 aromatic carbocycles.